The highest BCUT2D eigenvalue weighted by Crippen LogP contribution is 2.34. The molecule has 0 unspecified atom stereocenters. The molecule has 6 heteroatoms. The number of fused-ring (bicyclic) bond motifs is 1. The number of rotatable bonds is 7. The Morgan fingerprint density at radius 3 is 2.47 bits per heavy atom. The lowest BCUT2D eigenvalue weighted by Gasteiger charge is -2.15. The van der Waals surface area contributed by atoms with Crippen LogP contribution in [0, 0.1) is 0 Å². The summed E-state index contributed by atoms with van der Waals surface area (Å²) >= 11 is 6.03. The smallest absolute Gasteiger partial charge is 0.157 e. The van der Waals surface area contributed by atoms with Crippen molar-refractivity contribution in [3.63, 3.8) is 0 Å². The summed E-state index contributed by atoms with van der Waals surface area (Å²) in [6.45, 7) is 4.49. The average Bonchev–Trinajstić information content (AvgIpc) is 3.27. The van der Waals surface area contributed by atoms with Crippen LogP contribution in [-0.2, 0) is 6.61 Å². The van der Waals surface area contributed by atoms with Crippen LogP contribution in [0.3, 0.4) is 0 Å². The van der Waals surface area contributed by atoms with E-state index in [9.17, 15) is 0 Å². The second-order valence-electron chi connectivity index (χ2n) is 8.28. The van der Waals surface area contributed by atoms with Gasteiger partial charge in [0, 0.05) is 16.8 Å². The van der Waals surface area contributed by atoms with Gasteiger partial charge in [0.05, 0.1) is 11.7 Å². The van der Waals surface area contributed by atoms with Gasteiger partial charge in [-0.1, -0.05) is 54.1 Å². The standard InChI is InChI=1S/C28H24ClN3O2/c1-18(2)34-26-13-12-23(33-17-19-6-4-3-5-7-19)15-24(26)27-31-25-14-21(16-30-28(25)32-27)20-8-10-22(29)11-9-20/h3-16,18H,17H2,1-2H3,(H,30,31,32). The Balaban J connectivity index is 1.49. The van der Waals surface area contributed by atoms with Gasteiger partial charge in [-0.05, 0) is 61.4 Å². The van der Waals surface area contributed by atoms with Gasteiger partial charge < -0.3 is 14.5 Å². The molecule has 0 saturated heterocycles. The Morgan fingerprint density at radius 1 is 0.912 bits per heavy atom. The maximum Gasteiger partial charge on any atom is 0.157 e. The summed E-state index contributed by atoms with van der Waals surface area (Å²) in [6, 6.07) is 25.6. The summed E-state index contributed by atoms with van der Waals surface area (Å²) < 4.78 is 12.1. The first kappa shape index (κ1) is 22.0. The van der Waals surface area contributed by atoms with Crippen LogP contribution >= 0.6 is 11.6 Å². The van der Waals surface area contributed by atoms with Crippen molar-refractivity contribution < 1.29 is 9.47 Å². The quantitative estimate of drug-likeness (QED) is 0.271. The molecule has 0 spiro atoms. The maximum absolute atomic E-state index is 6.07. The molecule has 0 saturated carbocycles. The van der Waals surface area contributed by atoms with E-state index >= 15 is 0 Å². The fraction of sp³-hybridized carbons (Fsp3) is 0.143. The molecule has 0 aliphatic rings. The molecule has 0 fully saturated rings. The second kappa shape index (κ2) is 9.57. The number of hydrogen-bond donors (Lipinski definition) is 1. The number of hydrogen-bond acceptors (Lipinski definition) is 4. The fourth-order valence-corrected chi connectivity index (χ4v) is 3.83. The van der Waals surface area contributed by atoms with E-state index in [1.807, 2.05) is 98.9 Å². The number of benzene rings is 3. The molecule has 5 aromatic rings. The molecule has 0 amide bonds. The van der Waals surface area contributed by atoms with Crippen molar-refractivity contribution in [2.75, 3.05) is 0 Å². The van der Waals surface area contributed by atoms with E-state index in [4.69, 9.17) is 26.1 Å². The van der Waals surface area contributed by atoms with Crippen molar-refractivity contribution in [1.29, 1.82) is 0 Å². The summed E-state index contributed by atoms with van der Waals surface area (Å²) in [4.78, 5) is 12.8. The lowest BCUT2D eigenvalue weighted by atomic mass is 10.1. The van der Waals surface area contributed by atoms with Crippen molar-refractivity contribution in [1.82, 2.24) is 15.0 Å². The minimum Gasteiger partial charge on any atom is -0.490 e. The van der Waals surface area contributed by atoms with Crippen LogP contribution in [0.15, 0.2) is 85.1 Å². The van der Waals surface area contributed by atoms with E-state index < -0.39 is 0 Å². The Bertz CT molecular complexity index is 1410. The minimum atomic E-state index is 0.0221. The van der Waals surface area contributed by atoms with E-state index in [2.05, 4.69) is 9.97 Å². The first-order chi connectivity index (χ1) is 16.5. The number of ether oxygens (including phenoxy) is 2. The Hall–Kier alpha value is -3.83. The summed E-state index contributed by atoms with van der Waals surface area (Å²) in [5.41, 5.74) is 5.41. The van der Waals surface area contributed by atoms with E-state index in [-0.39, 0.29) is 6.10 Å². The summed E-state index contributed by atoms with van der Waals surface area (Å²) in [7, 11) is 0. The van der Waals surface area contributed by atoms with Gasteiger partial charge in [0.1, 0.15) is 29.4 Å². The Morgan fingerprint density at radius 2 is 1.71 bits per heavy atom. The largest absolute Gasteiger partial charge is 0.490 e. The molecule has 5 nitrogen and oxygen atoms in total. The zero-order valence-corrected chi connectivity index (χ0v) is 19.7. The molecule has 2 heterocycles. The number of aromatic nitrogens is 3. The van der Waals surface area contributed by atoms with E-state index in [0.29, 0.717) is 23.1 Å². The number of nitrogens with zero attached hydrogens (tertiary/aromatic N) is 2. The molecule has 0 atom stereocenters. The molecule has 3 aromatic carbocycles. The second-order valence-corrected chi connectivity index (χ2v) is 8.72. The van der Waals surface area contributed by atoms with Crippen LogP contribution in [0.25, 0.3) is 33.7 Å². The summed E-state index contributed by atoms with van der Waals surface area (Å²) in [6.07, 6.45) is 1.85. The van der Waals surface area contributed by atoms with Gasteiger partial charge >= 0.3 is 0 Å². The highest BCUT2D eigenvalue weighted by Gasteiger charge is 2.15. The molecule has 2 aromatic heterocycles. The van der Waals surface area contributed by atoms with Gasteiger partial charge in [-0.15, -0.1) is 0 Å². The van der Waals surface area contributed by atoms with E-state index in [1.54, 1.807) is 0 Å². The fourth-order valence-electron chi connectivity index (χ4n) is 3.70. The molecule has 170 valence electrons. The maximum atomic E-state index is 6.07. The van der Waals surface area contributed by atoms with Crippen LogP contribution < -0.4 is 9.47 Å². The third-order valence-electron chi connectivity index (χ3n) is 5.33. The van der Waals surface area contributed by atoms with Crippen molar-refractivity contribution in [2.45, 2.75) is 26.6 Å². The molecule has 34 heavy (non-hydrogen) atoms. The van der Waals surface area contributed by atoms with Gasteiger partial charge in [0.15, 0.2) is 5.65 Å². The van der Waals surface area contributed by atoms with Gasteiger partial charge in [-0.3, -0.25) is 0 Å². The lowest BCUT2D eigenvalue weighted by molar-refractivity contribution is 0.242. The topological polar surface area (TPSA) is 60.0 Å². The zero-order chi connectivity index (χ0) is 23.5. The van der Waals surface area contributed by atoms with E-state index in [1.165, 1.54) is 0 Å². The van der Waals surface area contributed by atoms with Crippen molar-refractivity contribution in [3.8, 4) is 34.0 Å². The normalized spacial score (nSPS) is 11.2. The zero-order valence-electron chi connectivity index (χ0n) is 19.0. The van der Waals surface area contributed by atoms with Gasteiger partial charge in [-0.25, -0.2) is 9.97 Å². The highest BCUT2D eigenvalue weighted by atomic mass is 35.5. The third-order valence-corrected chi connectivity index (χ3v) is 5.58. The number of imidazole rings is 1. The predicted octanol–water partition coefficient (Wildman–Crippen LogP) is 7.31. The van der Waals surface area contributed by atoms with Gasteiger partial charge in [-0.2, -0.15) is 0 Å². The number of pyridine rings is 1. The highest BCUT2D eigenvalue weighted by molar-refractivity contribution is 6.30. The number of halogens is 1. The molecule has 0 aliphatic carbocycles. The van der Waals surface area contributed by atoms with Crippen molar-refractivity contribution >= 4 is 22.8 Å². The van der Waals surface area contributed by atoms with Crippen molar-refractivity contribution in [3.05, 3.63) is 95.6 Å². The minimum absolute atomic E-state index is 0.0221. The third kappa shape index (κ3) is 4.90. The predicted molar refractivity (Wildman–Crippen MR) is 136 cm³/mol. The Labute approximate surface area is 203 Å². The van der Waals surface area contributed by atoms with Crippen LogP contribution in [0.5, 0.6) is 11.5 Å². The molecule has 0 aliphatic heterocycles. The molecule has 0 bridgehead atoms. The van der Waals surface area contributed by atoms with Gasteiger partial charge in [0.2, 0.25) is 0 Å². The first-order valence-electron chi connectivity index (χ1n) is 11.1. The molecule has 5 rings (SSSR count). The van der Waals surface area contributed by atoms with E-state index in [0.717, 1.165) is 39.3 Å². The van der Waals surface area contributed by atoms with Crippen molar-refractivity contribution in [2.24, 2.45) is 0 Å². The first-order valence-corrected chi connectivity index (χ1v) is 11.5. The van der Waals surface area contributed by atoms with Crippen LogP contribution in [-0.4, -0.2) is 21.1 Å². The van der Waals surface area contributed by atoms with Crippen LogP contribution in [0.2, 0.25) is 5.02 Å². The van der Waals surface area contributed by atoms with Crippen LogP contribution in [0.1, 0.15) is 19.4 Å². The average molecular weight is 470 g/mol. The molecule has 0 radical (unpaired) electrons. The number of H-pyrrole nitrogens is 1. The summed E-state index contributed by atoms with van der Waals surface area (Å²) in [5.74, 6) is 2.15. The molecule has 1 N–H and O–H groups in total. The van der Waals surface area contributed by atoms with Gasteiger partial charge in [0.25, 0.3) is 0 Å². The SMILES string of the molecule is CC(C)Oc1ccc(OCc2ccccc2)cc1-c1nc2cc(-c3ccc(Cl)cc3)cnc2[nH]1. The summed E-state index contributed by atoms with van der Waals surface area (Å²) in [5, 5.41) is 0.701. The molecular weight excluding hydrogens is 446 g/mol. The monoisotopic (exact) mass is 469 g/mol. The number of nitrogens with one attached hydrogen (secondary N) is 1. The lowest BCUT2D eigenvalue weighted by Crippen LogP contribution is -2.07. The molecular formula is C28H24ClN3O2. The number of aromatic amines is 1. The van der Waals surface area contributed by atoms with Crippen LogP contribution in [0.4, 0.5) is 0 Å². The Kier molecular flexibility index (Phi) is 6.19.